The number of hydrogen-bond acceptors (Lipinski definition) is 5. The first-order valence-electron chi connectivity index (χ1n) is 11.0. The van der Waals surface area contributed by atoms with E-state index in [1.54, 1.807) is 12.1 Å². The fourth-order valence-corrected chi connectivity index (χ4v) is 4.54. The summed E-state index contributed by atoms with van der Waals surface area (Å²) in [7, 11) is 4.03. The van der Waals surface area contributed by atoms with Gasteiger partial charge in [-0.15, -0.1) is 13.2 Å². The van der Waals surface area contributed by atoms with E-state index in [1.165, 1.54) is 35.9 Å². The molecule has 1 saturated carbocycles. The standard InChI is InChI=1S/C25H25F4N3O2/c1-32(2)23(19-4-3-5-20(26)15-19)17-8-6-16(7-9-17)14-22-30-24(31-34-22)18-10-12-21(13-11-18)33-25(27,28)29/h3-5,10-15,17,23H,6-9H2,1-2H3. The van der Waals surface area contributed by atoms with E-state index in [2.05, 4.69) is 19.8 Å². The third-order valence-electron chi connectivity index (χ3n) is 5.98. The van der Waals surface area contributed by atoms with E-state index >= 15 is 0 Å². The van der Waals surface area contributed by atoms with Gasteiger partial charge in [-0.1, -0.05) is 22.9 Å². The summed E-state index contributed by atoms with van der Waals surface area (Å²) in [6.45, 7) is 0. The first kappa shape index (κ1) is 23.9. The Kier molecular flexibility index (Phi) is 7.02. The minimum absolute atomic E-state index is 0.136. The summed E-state index contributed by atoms with van der Waals surface area (Å²) < 4.78 is 59.9. The maximum Gasteiger partial charge on any atom is 0.573 e. The van der Waals surface area contributed by atoms with Crippen molar-refractivity contribution in [1.82, 2.24) is 15.0 Å². The van der Waals surface area contributed by atoms with Crippen LogP contribution in [0.15, 0.2) is 58.6 Å². The Morgan fingerprint density at radius 1 is 1.09 bits per heavy atom. The van der Waals surface area contributed by atoms with Crippen molar-refractivity contribution in [2.45, 2.75) is 38.1 Å². The third kappa shape index (κ3) is 6.02. The highest BCUT2D eigenvalue weighted by Gasteiger charge is 2.31. The van der Waals surface area contributed by atoms with Crippen LogP contribution in [0.5, 0.6) is 5.75 Å². The zero-order valence-electron chi connectivity index (χ0n) is 18.8. The lowest BCUT2D eigenvalue weighted by Gasteiger charge is -2.36. The number of halogens is 4. The van der Waals surface area contributed by atoms with Gasteiger partial charge < -0.3 is 14.2 Å². The first-order chi connectivity index (χ1) is 16.2. The smallest absolute Gasteiger partial charge is 0.406 e. The summed E-state index contributed by atoms with van der Waals surface area (Å²) in [5, 5.41) is 3.93. The van der Waals surface area contributed by atoms with Gasteiger partial charge in [0.05, 0.1) is 0 Å². The number of hydrogen-bond donors (Lipinski definition) is 0. The average molecular weight is 475 g/mol. The molecule has 0 aliphatic heterocycles. The van der Waals surface area contributed by atoms with Crippen LogP contribution in [0.1, 0.15) is 43.2 Å². The molecule has 9 heteroatoms. The average Bonchev–Trinajstić information content (AvgIpc) is 3.23. The van der Waals surface area contributed by atoms with Crippen molar-refractivity contribution in [3.05, 3.63) is 71.4 Å². The first-order valence-corrected chi connectivity index (χ1v) is 11.0. The van der Waals surface area contributed by atoms with E-state index in [0.717, 1.165) is 31.2 Å². The summed E-state index contributed by atoms with van der Waals surface area (Å²) >= 11 is 0. The van der Waals surface area contributed by atoms with Crippen LogP contribution in [0, 0.1) is 11.7 Å². The molecule has 0 spiro atoms. The van der Waals surface area contributed by atoms with Crippen LogP contribution in [-0.2, 0) is 0 Å². The Bertz CT molecular complexity index is 1130. The molecule has 1 atom stereocenters. The number of benzene rings is 2. The van der Waals surface area contributed by atoms with Gasteiger partial charge >= 0.3 is 6.36 Å². The molecule has 0 saturated heterocycles. The van der Waals surface area contributed by atoms with Crippen LogP contribution in [0.4, 0.5) is 17.6 Å². The van der Waals surface area contributed by atoms with Gasteiger partial charge in [0, 0.05) is 17.7 Å². The van der Waals surface area contributed by atoms with Crippen molar-refractivity contribution in [1.29, 1.82) is 0 Å². The molecule has 1 aliphatic rings. The Morgan fingerprint density at radius 3 is 2.41 bits per heavy atom. The highest BCUT2D eigenvalue weighted by atomic mass is 19.4. The number of alkyl halides is 3. The zero-order chi connectivity index (χ0) is 24.3. The van der Waals surface area contributed by atoms with E-state index in [0.29, 0.717) is 17.4 Å². The van der Waals surface area contributed by atoms with Crippen LogP contribution in [0.2, 0.25) is 0 Å². The largest absolute Gasteiger partial charge is 0.573 e. The van der Waals surface area contributed by atoms with E-state index < -0.39 is 6.36 Å². The van der Waals surface area contributed by atoms with E-state index in [-0.39, 0.29) is 23.4 Å². The van der Waals surface area contributed by atoms with Gasteiger partial charge in [0.1, 0.15) is 11.6 Å². The predicted octanol–water partition coefficient (Wildman–Crippen LogP) is 6.65. The Morgan fingerprint density at radius 2 is 1.79 bits per heavy atom. The number of ether oxygens (including phenoxy) is 1. The molecule has 5 nitrogen and oxygen atoms in total. The molecule has 1 aromatic heterocycles. The molecule has 0 radical (unpaired) electrons. The molecule has 3 aromatic rings. The number of aromatic nitrogens is 2. The van der Waals surface area contributed by atoms with Gasteiger partial charge in [-0.05, 0) is 87.7 Å². The molecular weight excluding hydrogens is 450 g/mol. The van der Waals surface area contributed by atoms with Crippen LogP contribution in [0.3, 0.4) is 0 Å². The van der Waals surface area contributed by atoms with Gasteiger partial charge in [-0.3, -0.25) is 0 Å². The van der Waals surface area contributed by atoms with E-state index in [4.69, 9.17) is 4.52 Å². The predicted molar refractivity (Wildman–Crippen MR) is 119 cm³/mol. The lowest BCUT2D eigenvalue weighted by molar-refractivity contribution is -0.274. The molecule has 4 rings (SSSR count). The van der Waals surface area contributed by atoms with Gasteiger partial charge in [0.2, 0.25) is 5.82 Å². The van der Waals surface area contributed by atoms with Crippen molar-refractivity contribution >= 4 is 6.08 Å². The van der Waals surface area contributed by atoms with Gasteiger partial charge in [-0.25, -0.2) is 4.39 Å². The Hall–Kier alpha value is -3.20. The fraction of sp³-hybridized carbons (Fsp3) is 0.360. The molecule has 1 heterocycles. The van der Waals surface area contributed by atoms with Crippen LogP contribution >= 0.6 is 0 Å². The lowest BCUT2D eigenvalue weighted by atomic mass is 9.78. The second kappa shape index (κ2) is 9.97. The SMILES string of the molecule is CN(C)C(c1cccc(F)c1)C1CCC(=Cc2nc(-c3ccc(OC(F)(F)F)cc3)no2)CC1. The molecule has 1 unspecified atom stereocenters. The van der Waals surface area contributed by atoms with Crippen LogP contribution in [-0.4, -0.2) is 35.5 Å². The molecule has 180 valence electrons. The highest BCUT2D eigenvalue weighted by Crippen LogP contribution is 2.39. The quantitative estimate of drug-likeness (QED) is 0.374. The van der Waals surface area contributed by atoms with E-state index in [9.17, 15) is 17.6 Å². The minimum atomic E-state index is -4.74. The summed E-state index contributed by atoms with van der Waals surface area (Å²) in [6, 6.07) is 12.2. The molecule has 0 N–H and O–H groups in total. The monoisotopic (exact) mass is 475 g/mol. The zero-order valence-corrected chi connectivity index (χ0v) is 18.8. The fourth-order valence-electron chi connectivity index (χ4n) is 4.54. The molecule has 34 heavy (non-hydrogen) atoms. The van der Waals surface area contributed by atoms with Crippen molar-refractivity contribution in [2.75, 3.05) is 14.1 Å². The maximum atomic E-state index is 13.8. The summed E-state index contributed by atoms with van der Waals surface area (Å²) in [5.74, 6) is 0.499. The molecule has 2 aromatic carbocycles. The molecule has 1 aliphatic carbocycles. The number of allylic oxidation sites excluding steroid dienone is 1. The Labute approximate surface area is 195 Å². The van der Waals surface area contributed by atoms with Gasteiger partial charge in [-0.2, -0.15) is 4.98 Å². The Balaban J connectivity index is 1.40. The normalized spacial score (nSPS) is 17.6. The lowest BCUT2D eigenvalue weighted by Crippen LogP contribution is -2.29. The van der Waals surface area contributed by atoms with Crippen molar-refractivity contribution in [3.8, 4) is 17.1 Å². The highest BCUT2D eigenvalue weighted by molar-refractivity contribution is 5.57. The molecule has 0 amide bonds. The van der Waals surface area contributed by atoms with Gasteiger partial charge in [0.15, 0.2) is 0 Å². The second-order valence-corrected chi connectivity index (χ2v) is 8.63. The number of rotatable bonds is 6. The minimum Gasteiger partial charge on any atom is -0.406 e. The van der Waals surface area contributed by atoms with Crippen molar-refractivity contribution in [3.63, 3.8) is 0 Å². The van der Waals surface area contributed by atoms with E-state index in [1.807, 2.05) is 26.2 Å². The van der Waals surface area contributed by atoms with Crippen LogP contribution < -0.4 is 4.74 Å². The number of nitrogens with zero attached hydrogens (tertiary/aromatic N) is 3. The summed E-state index contributed by atoms with van der Waals surface area (Å²) in [5.41, 5.74) is 2.70. The topological polar surface area (TPSA) is 51.4 Å². The van der Waals surface area contributed by atoms with Crippen molar-refractivity contribution in [2.24, 2.45) is 5.92 Å². The summed E-state index contributed by atoms with van der Waals surface area (Å²) in [6.07, 6.45) is 0.771. The summed E-state index contributed by atoms with van der Waals surface area (Å²) in [4.78, 5) is 6.49. The van der Waals surface area contributed by atoms with Crippen molar-refractivity contribution < 1.29 is 26.8 Å². The molecular formula is C25H25F4N3O2. The van der Waals surface area contributed by atoms with Crippen LogP contribution in [0.25, 0.3) is 17.5 Å². The molecule has 0 bridgehead atoms. The van der Waals surface area contributed by atoms with Gasteiger partial charge in [0.25, 0.3) is 5.89 Å². The molecule has 1 fully saturated rings. The maximum absolute atomic E-state index is 13.8. The second-order valence-electron chi connectivity index (χ2n) is 8.63. The third-order valence-corrected chi connectivity index (χ3v) is 5.98.